The molecule has 0 aliphatic rings. The predicted molar refractivity (Wildman–Crippen MR) is 73.3 cm³/mol. The van der Waals surface area contributed by atoms with Gasteiger partial charge in [0.2, 0.25) is 0 Å². The van der Waals surface area contributed by atoms with Gasteiger partial charge in [0.05, 0.1) is 9.90 Å². The molecule has 5 heteroatoms. The molecular formula is C13H12ClNO2S. The fourth-order valence-corrected chi connectivity index (χ4v) is 2.65. The second-order valence-electron chi connectivity index (χ2n) is 3.81. The van der Waals surface area contributed by atoms with Crippen molar-refractivity contribution in [1.29, 1.82) is 0 Å². The summed E-state index contributed by atoms with van der Waals surface area (Å²) in [6.45, 7) is 1.37. The molecule has 18 heavy (non-hydrogen) atoms. The smallest absolute Gasteiger partial charge is 0.335 e. The van der Waals surface area contributed by atoms with Gasteiger partial charge in [-0.15, -0.1) is 11.3 Å². The largest absolute Gasteiger partial charge is 0.478 e. The Hall–Kier alpha value is -1.36. The molecule has 0 aliphatic carbocycles. The summed E-state index contributed by atoms with van der Waals surface area (Å²) in [5.74, 6) is -0.901. The van der Waals surface area contributed by atoms with Crippen LogP contribution in [0.2, 0.25) is 4.34 Å². The minimum absolute atomic E-state index is 0.313. The van der Waals surface area contributed by atoms with Gasteiger partial charge in [0, 0.05) is 18.0 Å². The van der Waals surface area contributed by atoms with E-state index in [0.717, 1.165) is 21.3 Å². The van der Waals surface area contributed by atoms with Crippen molar-refractivity contribution in [2.24, 2.45) is 0 Å². The number of carboxylic acids is 1. The summed E-state index contributed by atoms with van der Waals surface area (Å²) in [7, 11) is 0. The molecule has 2 aromatic rings. The van der Waals surface area contributed by atoms with Gasteiger partial charge in [0.1, 0.15) is 0 Å². The van der Waals surface area contributed by atoms with Gasteiger partial charge in [-0.05, 0) is 29.8 Å². The third kappa shape index (κ3) is 3.57. The molecule has 0 radical (unpaired) electrons. The first-order valence-corrected chi connectivity index (χ1v) is 6.62. The zero-order valence-electron chi connectivity index (χ0n) is 9.52. The molecule has 0 saturated carbocycles. The molecule has 0 amide bonds. The number of benzene rings is 1. The number of carbonyl (C=O) groups is 1. The van der Waals surface area contributed by atoms with Crippen LogP contribution < -0.4 is 5.32 Å². The van der Waals surface area contributed by atoms with Crippen LogP contribution in [0.4, 0.5) is 0 Å². The van der Waals surface area contributed by atoms with Crippen LogP contribution >= 0.6 is 22.9 Å². The lowest BCUT2D eigenvalue weighted by molar-refractivity contribution is 0.0696. The molecule has 94 valence electrons. The average Bonchev–Trinajstić information content (AvgIpc) is 2.75. The number of aromatic carboxylic acids is 1. The summed E-state index contributed by atoms with van der Waals surface area (Å²) >= 11 is 7.38. The molecular weight excluding hydrogens is 270 g/mol. The fraction of sp³-hybridized carbons (Fsp3) is 0.154. The van der Waals surface area contributed by atoms with Crippen LogP contribution in [0.5, 0.6) is 0 Å². The monoisotopic (exact) mass is 281 g/mol. The van der Waals surface area contributed by atoms with Crippen LogP contribution in [0.15, 0.2) is 36.4 Å². The third-order valence-corrected chi connectivity index (χ3v) is 3.66. The van der Waals surface area contributed by atoms with Crippen molar-refractivity contribution in [2.45, 2.75) is 13.1 Å². The summed E-state index contributed by atoms with van der Waals surface area (Å²) in [5.41, 5.74) is 1.27. The maximum atomic E-state index is 10.8. The molecule has 0 aliphatic heterocycles. The Bertz CT molecular complexity index is 553. The normalized spacial score (nSPS) is 10.5. The lowest BCUT2D eigenvalue weighted by Gasteiger charge is -2.04. The van der Waals surface area contributed by atoms with Crippen molar-refractivity contribution >= 4 is 28.9 Å². The van der Waals surface area contributed by atoms with E-state index in [1.165, 1.54) is 11.3 Å². The molecule has 3 nitrogen and oxygen atoms in total. The lowest BCUT2D eigenvalue weighted by Crippen LogP contribution is -2.12. The van der Waals surface area contributed by atoms with Gasteiger partial charge in [-0.3, -0.25) is 0 Å². The lowest BCUT2D eigenvalue weighted by atomic mass is 10.1. The van der Waals surface area contributed by atoms with E-state index >= 15 is 0 Å². The maximum absolute atomic E-state index is 10.8. The van der Waals surface area contributed by atoms with Crippen LogP contribution in [0.25, 0.3) is 0 Å². The highest BCUT2D eigenvalue weighted by atomic mass is 35.5. The van der Waals surface area contributed by atoms with Crippen LogP contribution in [0, 0.1) is 0 Å². The van der Waals surface area contributed by atoms with Gasteiger partial charge in [-0.2, -0.15) is 0 Å². The van der Waals surface area contributed by atoms with E-state index in [1.54, 1.807) is 18.2 Å². The Morgan fingerprint density at radius 3 is 2.78 bits per heavy atom. The van der Waals surface area contributed by atoms with Crippen molar-refractivity contribution in [2.75, 3.05) is 0 Å². The van der Waals surface area contributed by atoms with E-state index in [-0.39, 0.29) is 0 Å². The number of rotatable bonds is 5. The van der Waals surface area contributed by atoms with Crippen molar-refractivity contribution in [3.63, 3.8) is 0 Å². The van der Waals surface area contributed by atoms with Gasteiger partial charge in [0.15, 0.2) is 0 Å². The number of hydrogen-bond donors (Lipinski definition) is 2. The first-order valence-electron chi connectivity index (χ1n) is 5.42. The Kier molecular flexibility index (Phi) is 4.36. The van der Waals surface area contributed by atoms with Gasteiger partial charge in [-0.25, -0.2) is 4.79 Å². The van der Waals surface area contributed by atoms with Gasteiger partial charge >= 0.3 is 5.97 Å². The van der Waals surface area contributed by atoms with Gasteiger partial charge < -0.3 is 10.4 Å². The van der Waals surface area contributed by atoms with E-state index in [9.17, 15) is 4.79 Å². The maximum Gasteiger partial charge on any atom is 0.335 e. The molecule has 2 rings (SSSR count). The molecule has 1 aromatic carbocycles. The van der Waals surface area contributed by atoms with E-state index in [2.05, 4.69) is 5.32 Å². The molecule has 0 bridgehead atoms. The van der Waals surface area contributed by atoms with E-state index in [1.807, 2.05) is 18.2 Å². The van der Waals surface area contributed by atoms with Crippen LogP contribution in [-0.2, 0) is 13.1 Å². The highest BCUT2D eigenvalue weighted by molar-refractivity contribution is 7.16. The second-order valence-corrected chi connectivity index (χ2v) is 5.61. The molecule has 2 N–H and O–H groups in total. The second kappa shape index (κ2) is 6.00. The Morgan fingerprint density at radius 1 is 1.28 bits per heavy atom. The SMILES string of the molecule is O=C(O)c1cccc(CNCc2ccc(Cl)s2)c1. The molecule has 0 fully saturated rings. The topological polar surface area (TPSA) is 49.3 Å². The van der Waals surface area contributed by atoms with Gasteiger partial charge in [-0.1, -0.05) is 23.7 Å². The van der Waals surface area contributed by atoms with E-state index < -0.39 is 5.97 Å². The minimum atomic E-state index is -0.901. The van der Waals surface area contributed by atoms with Crippen molar-refractivity contribution < 1.29 is 9.90 Å². The first kappa shape index (κ1) is 13.1. The molecule has 0 saturated heterocycles. The number of nitrogens with one attached hydrogen (secondary N) is 1. The quantitative estimate of drug-likeness (QED) is 0.883. The zero-order valence-corrected chi connectivity index (χ0v) is 11.1. The highest BCUT2D eigenvalue weighted by Gasteiger charge is 2.03. The Morgan fingerprint density at radius 2 is 2.11 bits per heavy atom. The number of carboxylic acid groups (broad SMARTS) is 1. The highest BCUT2D eigenvalue weighted by Crippen LogP contribution is 2.21. The minimum Gasteiger partial charge on any atom is -0.478 e. The van der Waals surface area contributed by atoms with E-state index in [4.69, 9.17) is 16.7 Å². The van der Waals surface area contributed by atoms with Crippen molar-refractivity contribution in [1.82, 2.24) is 5.32 Å². The van der Waals surface area contributed by atoms with E-state index in [0.29, 0.717) is 12.1 Å². The Labute approximate surface area is 114 Å². The molecule has 0 unspecified atom stereocenters. The number of halogens is 1. The van der Waals surface area contributed by atoms with Crippen molar-refractivity contribution in [3.05, 3.63) is 56.7 Å². The van der Waals surface area contributed by atoms with Gasteiger partial charge in [0.25, 0.3) is 0 Å². The molecule has 0 spiro atoms. The summed E-state index contributed by atoms with van der Waals surface area (Å²) in [5, 5.41) is 12.1. The average molecular weight is 282 g/mol. The fourth-order valence-electron chi connectivity index (χ4n) is 1.59. The van der Waals surface area contributed by atoms with Crippen LogP contribution in [0.1, 0.15) is 20.8 Å². The third-order valence-electron chi connectivity index (χ3n) is 2.43. The number of thiophene rings is 1. The predicted octanol–water partition coefficient (Wildman–Crippen LogP) is 3.39. The molecule has 1 heterocycles. The van der Waals surface area contributed by atoms with Crippen molar-refractivity contribution in [3.8, 4) is 0 Å². The molecule has 0 atom stereocenters. The molecule has 1 aromatic heterocycles. The summed E-state index contributed by atoms with van der Waals surface area (Å²) in [6.07, 6.45) is 0. The standard InChI is InChI=1S/C13H12ClNO2S/c14-12-5-4-11(18-12)8-15-7-9-2-1-3-10(6-9)13(16)17/h1-6,15H,7-8H2,(H,16,17). The van der Waals surface area contributed by atoms with Crippen LogP contribution in [-0.4, -0.2) is 11.1 Å². The van der Waals surface area contributed by atoms with Crippen LogP contribution in [0.3, 0.4) is 0 Å². The number of hydrogen-bond acceptors (Lipinski definition) is 3. The Balaban J connectivity index is 1.90. The zero-order chi connectivity index (χ0) is 13.0. The summed E-state index contributed by atoms with van der Waals surface area (Å²) in [6, 6.07) is 10.8. The first-order chi connectivity index (χ1) is 8.65. The summed E-state index contributed by atoms with van der Waals surface area (Å²) in [4.78, 5) is 12.0. The summed E-state index contributed by atoms with van der Waals surface area (Å²) < 4.78 is 0.777.